The number of carboxylic acids is 1. The van der Waals surface area contributed by atoms with E-state index in [2.05, 4.69) is 4.74 Å². The fraction of sp³-hybridized carbons (Fsp3) is 0.769. The highest BCUT2D eigenvalue weighted by molar-refractivity contribution is 5.76. The van der Waals surface area contributed by atoms with E-state index < -0.39 is 18.0 Å². The van der Waals surface area contributed by atoms with E-state index in [1.165, 1.54) is 12.0 Å². The van der Waals surface area contributed by atoms with Crippen LogP contribution in [0.25, 0.3) is 0 Å². The zero-order chi connectivity index (χ0) is 16.0. The van der Waals surface area contributed by atoms with E-state index in [0.717, 1.165) is 0 Å². The van der Waals surface area contributed by atoms with Crippen LogP contribution in [0.4, 0.5) is 4.79 Å². The molecule has 120 valence electrons. The number of hydrogen-bond donors (Lipinski definition) is 1. The maximum absolute atomic E-state index is 12.3. The summed E-state index contributed by atoms with van der Waals surface area (Å²) in [5, 5.41) is 8.76. The largest absolute Gasteiger partial charge is 0.481 e. The number of ether oxygens (including phenoxy) is 2. The molecule has 1 fully saturated rings. The van der Waals surface area contributed by atoms with Gasteiger partial charge in [-0.1, -0.05) is 6.92 Å². The third-order valence-corrected chi connectivity index (χ3v) is 3.29. The van der Waals surface area contributed by atoms with Crippen molar-refractivity contribution in [1.82, 2.24) is 9.80 Å². The first-order valence-corrected chi connectivity index (χ1v) is 6.76. The second-order valence-corrected chi connectivity index (χ2v) is 5.12. The first kappa shape index (κ1) is 17.2. The number of amides is 2. The average Bonchev–Trinajstić information content (AvgIpc) is 2.44. The van der Waals surface area contributed by atoms with Crippen molar-refractivity contribution in [3.63, 3.8) is 0 Å². The minimum absolute atomic E-state index is 0.133. The summed E-state index contributed by atoms with van der Waals surface area (Å²) in [7, 11) is 2.91. The van der Waals surface area contributed by atoms with Crippen molar-refractivity contribution in [1.29, 1.82) is 0 Å². The number of carbonyl (C=O) groups is 3. The van der Waals surface area contributed by atoms with Gasteiger partial charge in [-0.25, -0.2) is 4.79 Å². The number of morpholine rings is 1. The van der Waals surface area contributed by atoms with E-state index >= 15 is 0 Å². The third kappa shape index (κ3) is 5.22. The van der Waals surface area contributed by atoms with Gasteiger partial charge in [0, 0.05) is 26.7 Å². The van der Waals surface area contributed by atoms with E-state index in [1.54, 1.807) is 18.9 Å². The van der Waals surface area contributed by atoms with Gasteiger partial charge in [-0.3, -0.25) is 9.59 Å². The number of carboxylic acid groups (broad SMARTS) is 1. The molecule has 0 spiro atoms. The van der Waals surface area contributed by atoms with Crippen molar-refractivity contribution in [2.24, 2.45) is 5.92 Å². The molecule has 0 aromatic carbocycles. The van der Waals surface area contributed by atoms with Crippen LogP contribution in [0, 0.1) is 5.92 Å². The Bertz CT molecular complexity index is 400. The lowest BCUT2D eigenvalue weighted by molar-refractivity contribution is -0.145. The van der Waals surface area contributed by atoms with Crippen LogP contribution in [0.2, 0.25) is 0 Å². The molecule has 8 heteroatoms. The van der Waals surface area contributed by atoms with Crippen molar-refractivity contribution in [2.75, 3.05) is 40.4 Å². The summed E-state index contributed by atoms with van der Waals surface area (Å²) < 4.78 is 9.94. The summed E-state index contributed by atoms with van der Waals surface area (Å²) >= 11 is 0. The molecular formula is C13H22N2O6. The molecule has 1 heterocycles. The first-order valence-electron chi connectivity index (χ1n) is 6.76. The highest BCUT2D eigenvalue weighted by Gasteiger charge is 2.28. The Morgan fingerprint density at radius 2 is 2.14 bits per heavy atom. The van der Waals surface area contributed by atoms with E-state index in [9.17, 15) is 14.4 Å². The average molecular weight is 302 g/mol. The lowest BCUT2D eigenvalue weighted by Crippen LogP contribution is -2.51. The van der Waals surface area contributed by atoms with Gasteiger partial charge < -0.3 is 24.4 Å². The predicted octanol–water partition coefficient (Wildman–Crippen LogP) is 0.0228. The Morgan fingerprint density at radius 3 is 2.71 bits per heavy atom. The Hall–Kier alpha value is -1.83. The maximum Gasteiger partial charge on any atom is 0.319 e. The van der Waals surface area contributed by atoms with Crippen molar-refractivity contribution >= 4 is 18.0 Å². The molecule has 1 rings (SSSR count). The molecular weight excluding hydrogens is 280 g/mol. The molecule has 0 bridgehead atoms. The molecule has 2 unspecified atom stereocenters. The Morgan fingerprint density at radius 1 is 1.48 bits per heavy atom. The lowest BCUT2D eigenvalue weighted by Gasteiger charge is -2.35. The minimum atomic E-state index is -0.957. The van der Waals surface area contributed by atoms with Gasteiger partial charge in [0.1, 0.15) is 0 Å². The third-order valence-electron chi connectivity index (χ3n) is 3.29. The van der Waals surface area contributed by atoms with Crippen LogP contribution >= 0.6 is 0 Å². The van der Waals surface area contributed by atoms with Gasteiger partial charge in [-0.05, 0) is 0 Å². The van der Waals surface area contributed by atoms with Gasteiger partial charge in [0.15, 0.2) is 0 Å². The van der Waals surface area contributed by atoms with E-state index in [0.29, 0.717) is 13.2 Å². The summed E-state index contributed by atoms with van der Waals surface area (Å²) in [5.74, 6) is -1.75. The smallest absolute Gasteiger partial charge is 0.319 e. The number of rotatable bonds is 5. The SMILES string of the molecule is COC(=O)C(C)CN(C)C(=O)N1CCOC(CC(=O)O)C1. The van der Waals surface area contributed by atoms with Gasteiger partial charge in [0.25, 0.3) is 0 Å². The van der Waals surface area contributed by atoms with Crippen molar-refractivity contribution in [3.8, 4) is 0 Å². The molecule has 1 N–H and O–H groups in total. The summed E-state index contributed by atoms with van der Waals surface area (Å²) in [5.41, 5.74) is 0. The predicted molar refractivity (Wildman–Crippen MR) is 72.8 cm³/mol. The Balaban J connectivity index is 2.53. The van der Waals surface area contributed by atoms with Crippen LogP contribution in [0.1, 0.15) is 13.3 Å². The summed E-state index contributed by atoms with van der Waals surface area (Å²) in [4.78, 5) is 37.3. The number of methoxy groups -OCH3 is 1. The first-order chi connectivity index (χ1) is 9.85. The fourth-order valence-electron chi connectivity index (χ4n) is 2.22. The van der Waals surface area contributed by atoms with Gasteiger partial charge in [0.2, 0.25) is 0 Å². The van der Waals surface area contributed by atoms with Crippen molar-refractivity contribution in [2.45, 2.75) is 19.4 Å². The number of esters is 1. The molecule has 2 atom stereocenters. The fourth-order valence-corrected chi connectivity index (χ4v) is 2.22. The van der Waals surface area contributed by atoms with E-state index in [4.69, 9.17) is 9.84 Å². The number of urea groups is 1. The minimum Gasteiger partial charge on any atom is -0.481 e. The van der Waals surface area contributed by atoms with Crippen molar-refractivity contribution < 1.29 is 29.0 Å². The molecule has 0 radical (unpaired) electrons. The second kappa shape index (κ2) is 7.82. The van der Waals surface area contributed by atoms with Crippen LogP contribution in [0.3, 0.4) is 0 Å². The summed E-state index contributed by atoms with van der Waals surface area (Å²) in [6, 6.07) is -0.246. The second-order valence-electron chi connectivity index (χ2n) is 5.12. The lowest BCUT2D eigenvalue weighted by atomic mass is 10.2. The molecule has 0 saturated carbocycles. The Kier molecular flexibility index (Phi) is 6.41. The standard InChI is InChI=1S/C13H22N2O6/c1-9(12(18)20-3)7-14(2)13(19)15-4-5-21-10(8-15)6-11(16)17/h9-10H,4-8H2,1-3H3,(H,16,17). The number of hydrogen-bond acceptors (Lipinski definition) is 5. The number of carbonyl (C=O) groups excluding carboxylic acids is 2. The van der Waals surface area contributed by atoms with E-state index in [-0.39, 0.29) is 31.5 Å². The molecule has 0 aromatic rings. The topological polar surface area (TPSA) is 96.4 Å². The number of nitrogens with zero attached hydrogens (tertiary/aromatic N) is 2. The molecule has 1 aliphatic heterocycles. The molecule has 2 amide bonds. The molecule has 8 nitrogen and oxygen atoms in total. The quantitative estimate of drug-likeness (QED) is 0.719. The number of aliphatic carboxylic acids is 1. The summed E-state index contributed by atoms with van der Waals surface area (Å²) in [6.45, 7) is 2.88. The maximum atomic E-state index is 12.3. The van der Waals surface area contributed by atoms with Gasteiger partial charge >= 0.3 is 18.0 Å². The summed E-state index contributed by atoms with van der Waals surface area (Å²) in [6.07, 6.45) is -0.627. The van der Waals surface area contributed by atoms with Crippen LogP contribution in [-0.2, 0) is 19.1 Å². The van der Waals surface area contributed by atoms with Crippen LogP contribution in [-0.4, -0.2) is 79.4 Å². The van der Waals surface area contributed by atoms with Gasteiger partial charge in [-0.15, -0.1) is 0 Å². The van der Waals surface area contributed by atoms with Gasteiger partial charge in [0.05, 0.1) is 32.2 Å². The zero-order valence-electron chi connectivity index (χ0n) is 12.6. The Labute approximate surface area is 123 Å². The normalized spacial score (nSPS) is 19.8. The monoisotopic (exact) mass is 302 g/mol. The molecule has 0 aliphatic carbocycles. The highest BCUT2D eigenvalue weighted by Crippen LogP contribution is 2.12. The van der Waals surface area contributed by atoms with Crippen molar-refractivity contribution in [3.05, 3.63) is 0 Å². The molecule has 21 heavy (non-hydrogen) atoms. The molecule has 1 aliphatic rings. The highest BCUT2D eigenvalue weighted by atomic mass is 16.5. The van der Waals surface area contributed by atoms with Gasteiger partial charge in [-0.2, -0.15) is 0 Å². The van der Waals surface area contributed by atoms with Crippen LogP contribution < -0.4 is 0 Å². The van der Waals surface area contributed by atoms with Crippen LogP contribution in [0.15, 0.2) is 0 Å². The molecule has 1 saturated heterocycles. The van der Waals surface area contributed by atoms with Crippen LogP contribution in [0.5, 0.6) is 0 Å². The van der Waals surface area contributed by atoms with E-state index in [1.807, 2.05) is 0 Å². The molecule has 0 aromatic heterocycles. The zero-order valence-corrected chi connectivity index (χ0v) is 12.6.